The number of rotatable bonds is 9. The first-order valence-corrected chi connectivity index (χ1v) is 5.57. The van der Waals surface area contributed by atoms with Crippen molar-refractivity contribution in [2.24, 2.45) is 0 Å². The molecular formula is C10H19F3N2O2. The molecule has 0 atom stereocenters. The van der Waals surface area contributed by atoms with E-state index >= 15 is 0 Å². The number of amides is 1. The zero-order valence-electron chi connectivity index (χ0n) is 9.90. The fourth-order valence-electron chi connectivity index (χ4n) is 1.01. The van der Waals surface area contributed by atoms with Crippen molar-refractivity contribution in [3.63, 3.8) is 0 Å². The zero-order chi connectivity index (χ0) is 13.1. The molecule has 0 radical (unpaired) electrons. The largest absolute Gasteiger partial charge is 0.411 e. The minimum Gasteiger partial charge on any atom is -0.371 e. The Labute approximate surface area is 98.9 Å². The topological polar surface area (TPSA) is 50.4 Å². The van der Waals surface area contributed by atoms with Crippen LogP contribution in [0.15, 0.2) is 0 Å². The molecule has 0 heterocycles. The Morgan fingerprint density at radius 3 is 2.53 bits per heavy atom. The number of nitrogens with one attached hydrogen (secondary N) is 2. The summed E-state index contributed by atoms with van der Waals surface area (Å²) in [7, 11) is 0. The van der Waals surface area contributed by atoms with Gasteiger partial charge in [-0.05, 0) is 6.42 Å². The van der Waals surface area contributed by atoms with Crippen molar-refractivity contribution in [3.8, 4) is 0 Å². The van der Waals surface area contributed by atoms with Gasteiger partial charge < -0.3 is 15.4 Å². The van der Waals surface area contributed by atoms with Crippen molar-refractivity contribution in [1.29, 1.82) is 0 Å². The van der Waals surface area contributed by atoms with Gasteiger partial charge in [0.2, 0.25) is 5.91 Å². The van der Waals surface area contributed by atoms with Gasteiger partial charge in [0.1, 0.15) is 6.61 Å². The third kappa shape index (κ3) is 13.1. The standard InChI is InChI=1S/C10H19F3N2O2/c1-2-4-15-9(16)3-5-14-6-7-17-8-10(11,12)13/h14H,2-8H2,1H3,(H,15,16). The second-order valence-electron chi connectivity index (χ2n) is 3.52. The van der Waals surface area contributed by atoms with Gasteiger partial charge >= 0.3 is 6.18 Å². The van der Waals surface area contributed by atoms with Gasteiger partial charge in [0.05, 0.1) is 6.61 Å². The van der Waals surface area contributed by atoms with Crippen LogP contribution in [0.4, 0.5) is 13.2 Å². The molecule has 0 aromatic heterocycles. The van der Waals surface area contributed by atoms with Gasteiger partial charge in [-0.2, -0.15) is 13.2 Å². The highest BCUT2D eigenvalue weighted by Gasteiger charge is 2.27. The lowest BCUT2D eigenvalue weighted by Gasteiger charge is -2.08. The van der Waals surface area contributed by atoms with Gasteiger partial charge in [0.15, 0.2) is 0 Å². The monoisotopic (exact) mass is 256 g/mol. The van der Waals surface area contributed by atoms with E-state index in [0.29, 0.717) is 26.1 Å². The van der Waals surface area contributed by atoms with Crippen LogP contribution in [0.1, 0.15) is 19.8 Å². The average molecular weight is 256 g/mol. The Morgan fingerprint density at radius 1 is 1.24 bits per heavy atom. The number of carbonyl (C=O) groups is 1. The molecule has 2 N–H and O–H groups in total. The van der Waals surface area contributed by atoms with Crippen molar-refractivity contribution >= 4 is 5.91 Å². The number of carbonyl (C=O) groups excluding carboxylic acids is 1. The molecule has 0 aliphatic carbocycles. The summed E-state index contributed by atoms with van der Waals surface area (Å²) >= 11 is 0. The molecule has 0 aliphatic heterocycles. The van der Waals surface area contributed by atoms with Crippen LogP contribution in [0.25, 0.3) is 0 Å². The van der Waals surface area contributed by atoms with E-state index in [1.54, 1.807) is 0 Å². The van der Waals surface area contributed by atoms with Gasteiger partial charge in [-0.25, -0.2) is 0 Å². The zero-order valence-corrected chi connectivity index (χ0v) is 9.90. The molecular weight excluding hydrogens is 237 g/mol. The lowest BCUT2D eigenvalue weighted by Crippen LogP contribution is -2.30. The summed E-state index contributed by atoms with van der Waals surface area (Å²) in [5.74, 6) is -0.0597. The van der Waals surface area contributed by atoms with Crippen LogP contribution in [-0.2, 0) is 9.53 Å². The smallest absolute Gasteiger partial charge is 0.371 e. The predicted molar refractivity (Wildman–Crippen MR) is 57.7 cm³/mol. The molecule has 0 saturated carbocycles. The summed E-state index contributed by atoms with van der Waals surface area (Å²) in [6.07, 6.45) is -3.08. The number of alkyl halides is 3. The normalized spacial score (nSPS) is 11.5. The van der Waals surface area contributed by atoms with Crippen molar-refractivity contribution in [2.45, 2.75) is 25.9 Å². The van der Waals surface area contributed by atoms with E-state index in [4.69, 9.17) is 0 Å². The van der Waals surface area contributed by atoms with Crippen LogP contribution >= 0.6 is 0 Å². The Kier molecular flexibility index (Phi) is 8.79. The maximum atomic E-state index is 11.7. The first kappa shape index (κ1) is 16.2. The second kappa shape index (κ2) is 9.23. The third-order valence-electron chi connectivity index (χ3n) is 1.79. The van der Waals surface area contributed by atoms with Crippen molar-refractivity contribution in [1.82, 2.24) is 10.6 Å². The van der Waals surface area contributed by atoms with Crippen molar-refractivity contribution in [2.75, 3.05) is 32.8 Å². The molecule has 7 heteroatoms. The van der Waals surface area contributed by atoms with E-state index in [9.17, 15) is 18.0 Å². The molecule has 0 aliphatic rings. The third-order valence-corrected chi connectivity index (χ3v) is 1.79. The average Bonchev–Trinajstić information content (AvgIpc) is 2.23. The number of halogens is 3. The molecule has 0 unspecified atom stereocenters. The van der Waals surface area contributed by atoms with E-state index in [1.165, 1.54) is 0 Å². The second-order valence-corrected chi connectivity index (χ2v) is 3.52. The molecule has 0 aromatic rings. The highest BCUT2D eigenvalue weighted by molar-refractivity contribution is 5.75. The van der Waals surface area contributed by atoms with E-state index in [2.05, 4.69) is 15.4 Å². The highest BCUT2D eigenvalue weighted by Crippen LogP contribution is 2.13. The molecule has 0 aromatic carbocycles. The summed E-state index contributed by atoms with van der Waals surface area (Å²) in [5.41, 5.74) is 0. The maximum absolute atomic E-state index is 11.7. The van der Waals surface area contributed by atoms with E-state index in [-0.39, 0.29) is 12.5 Å². The van der Waals surface area contributed by atoms with Crippen LogP contribution < -0.4 is 10.6 Å². The maximum Gasteiger partial charge on any atom is 0.411 e. The Bertz CT molecular complexity index is 210. The molecule has 0 fully saturated rings. The predicted octanol–water partition coefficient (Wildman–Crippen LogP) is 1.07. The molecule has 4 nitrogen and oxygen atoms in total. The summed E-state index contributed by atoms with van der Waals surface area (Å²) in [6, 6.07) is 0. The van der Waals surface area contributed by atoms with Gasteiger partial charge in [0, 0.05) is 26.1 Å². The lowest BCUT2D eigenvalue weighted by atomic mass is 10.3. The fraction of sp³-hybridized carbons (Fsp3) is 0.900. The lowest BCUT2D eigenvalue weighted by molar-refractivity contribution is -0.173. The molecule has 0 spiro atoms. The minimum atomic E-state index is -4.28. The summed E-state index contributed by atoms with van der Waals surface area (Å²) in [5, 5.41) is 5.52. The van der Waals surface area contributed by atoms with Crippen LogP contribution in [0.3, 0.4) is 0 Å². The molecule has 1 amide bonds. The van der Waals surface area contributed by atoms with E-state index < -0.39 is 12.8 Å². The first-order chi connectivity index (χ1) is 7.95. The Hall–Kier alpha value is -0.820. The van der Waals surface area contributed by atoms with Gasteiger partial charge in [-0.3, -0.25) is 4.79 Å². The Morgan fingerprint density at radius 2 is 1.94 bits per heavy atom. The van der Waals surface area contributed by atoms with E-state index in [1.807, 2.05) is 6.92 Å². The van der Waals surface area contributed by atoms with Crippen LogP contribution in [0, 0.1) is 0 Å². The highest BCUT2D eigenvalue weighted by atomic mass is 19.4. The van der Waals surface area contributed by atoms with Crippen molar-refractivity contribution in [3.05, 3.63) is 0 Å². The van der Waals surface area contributed by atoms with Gasteiger partial charge in [0.25, 0.3) is 0 Å². The molecule has 102 valence electrons. The van der Waals surface area contributed by atoms with Crippen LogP contribution in [-0.4, -0.2) is 44.9 Å². The van der Waals surface area contributed by atoms with Crippen molar-refractivity contribution < 1.29 is 22.7 Å². The van der Waals surface area contributed by atoms with Crippen LogP contribution in [0.5, 0.6) is 0 Å². The molecule has 17 heavy (non-hydrogen) atoms. The summed E-state index contributed by atoms with van der Waals surface area (Å²) in [4.78, 5) is 11.1. The molecule has 0 bridgehead atoms. The summed E-state index contributed by atoms with van der Waals surface area (Å²) in [6.45, 7) is 2.09. The molecule has 0 rings (SSSR count). The van der Waals surface area contributed by atoms with E-state index in [0.717, 1.165) is 6.42 Å². The SMILES string of the molecule is CCCNC(=O)CCNCCOCC(F)(F)F. The van der Waals surface area contributed by atoms with Gasteiger partial charge in [-0.15, -0.1) is 0 Å². The first-order valence-electron chi connectivity index (χ1n) is 5.57. The number of hydrogen-bond acceptors (Lipinski definition) is 3. The quantitative estimate of drug-likeness (QED) is 0.607. The fourth-order valence-corrected chi connectivity index (χ4v) is 1.01. The minimum absolute atomic E-state index is 0.0178. The Balaban J connectivity index is 3.21. The van der Waals surface area contributed by atoms with Crippen LogP contribution in [0.2, 0.25) is 0 Å². The number of hydrogen-bond donors (Lipinski definition) is 2. The summed E-state index contributed by atoms with van der Waals surface area (Å²) < 4.78 is 39.4. The van der Waals surface area contributed by atoms with Gasteiger partial charge in [-0.1, -0.05) is 6.92 Å². The number of ether oxygens (including phenoxy) is 1. The molecule has 0 saturated heterocycles.